The molecule has 7 heteroatoms. The normalized spacial score (nSPS) is 14.0. The lowest BCUT2D eigenvalue weighted by Crippen LogP contribution is -2.27. The average molecular weight is 335 g/mol. The maximum atomic E-state index is 13.8. The number of carbonyl (C=O) groups excluding carboxylic acids is 1. The molecule has 23 heavy (non-hydrogen) atoms. The fourth-order valence-corrected chi connectivity index (χ4v) is 2.92. The Morgan fingerprint density at radius 2 is 2.26 bits per heavy atom. The predicted octanol–water partition coefficient (Wildman–Crippen LogP) is 2.70. The summed E-state index contributed by atoms with van der Waals surface area (Å²) in [5.74, 6) is -0.00818. The van der Waals surface area contributed by atoms with Gasteiger partial charge in [0.05, 0.1) is 0 Å². The zero-order chi connectivity index (χ0) is 16.2. The van der Waals surface area contributed by atoms with E-state index in [2.05, 4.69) is 15.5 Å². The summed E-state index contributed by atoms with van der Waals surface area (Å²) in [5, 5.41) is 12.1. The van der Waals surface area contributed by atoms with Crippen molar-refractivity contribution in [3.8, 4) is 0 Å². The summed E-state index contributed by atoms with van der Waals surface area (Å²) >= 11 is 1.43. The largest absolute Gasteiger partial charge is 0.364 e. The lowest BCUT2D eigenvalue weighted by molar-refractivity contribution is -0.126. The number of benzene rings is 1. The second-order valence-electron chi connectivity index (χ2n) is 5.61. The van der Waals surface area contributed by atoms with Crippen molar-refractivity contribution in [2.45, 2.75) is 38.8 Å². The van der Waals surface area contributed by atoms with Crippen molar-refractivity contribution < 1.29 is 13.9 Å². The van der Waals surface area contributed by atoms with Crippen LogP contribution in [0, 0.1) is 12.7 Å². The summed E-state index contributed by atoms with van der Waals surface area (Å²) in [7, 11) is 0. The summed E-state index contributed by atoms with van der Waals surface area (Å²) in [4.78, 5) is 11.8. The molecule has 1 N–H and O–H groups in total. The Hall–Kier alpha value is -1.86. The molecule has 0 atom stereocenters. The number of rotatable bonds is 7. The third-order valence-corrected chi connectivity index (χ3v) is 4.43. The summed E-state index contributed by atoms with van der Waals surface area (Å²) in [6, 6.07) is 5.15. The molecule has 1 aromatic heterocycles. The Morgan fingerprint density at radius 3 is 2.96 bits per heavy atom. The quantitative estimate of drug-likeness (QED) is 0.845. The molecule has 1 aliphatic rings. The zero-order valence-electron chi connectivity index (χ0n) is 12.8. The number of carbonyl (C=O) groups is 1. The molecule has 0 spiro atoms. The first-order chi connectivity index (χ1) is 11.1. The van der Waals surface area contributed by atoms with Gasteiger partial charge < -0.3 is 10.1 Å². The van der Waals surface area contributed by atoms with E-state index in [0.29, 0.717) is 11.5 Å². The third-order valence-electron chi connectivity index (χ3n) is 3.62. The minimum atomic E-state index is -0.292. The number of halogens is 1. The summed E-state index contributed by atoms with van der Waals surface area (Å²) in [6.07, 6.45) is 2.33. The van der Waals surface area contributed by atoms with Crippen molar-refractivity contribution in [1.82, 2.24) is 15.5 Å². The first kappa shape index (κ1) is 16.0. The molecular weight excluding hydrogens is 317 g/mol. The lowest BCUT2D eigenvalue weighted by atomic mass is 10.1. The second kappa shape index (κ2) is 7.14. The third kappa shape index (κ3) is 4.56. The van der Waals surface area contributed by atoms with E-state index in [-0.39, 0.29) is 31.5 Å². The van der Waals surface area contributed by atoms with Crippen molar-refractivity contribution in [1.29, 1.82) is 0 Å². The van der Waals surface area contributed by atoms with Gasteiger partial charge in [-0.3, -0.25) is 4.79 Å². The molecule has 1 saturated carbocycles. The van der Waals surface area contributed by atoms with Gasteiger partial charge in [0, 0.05) is 12.1 Å². The molecular formula is C16H18FN3O2S. The summed E-state index contributed by atoms with van der Waals surface area (Å²) in [6.45, 7) is 2.21. The molecule has 0 saturated heterocycles. The van der Waals surface area contributed by atoms with Gasteiger partial charge in [-0.15, -0.1) is 10.2 Å². The van der Waals surface area contributed by atoms with E-state index in [1.807, 2.05) is 19.1 Å². The van der Waals surface area contributed by atoms with Gasteiger partial charge in [-0.2, -0.15) is 0 Å². The van der Waals surface area contributed by atoms with Gasteiger partial charge in [-0.05, 0) is 37.3 Å². The highest BCUT2D eigenvalue weighted by Gasteiger charge is 2.24. The van der Waals surface area contributed by atoms with Gasteiger partial charge in [0.15, 0.2) is 0 Å². The van der Waals surface area contributed by atoms with Gasteiger partial charge in [0.2, 0.25) is 5.91 Å². The maximum Gasteiger partial charge on any atom is 0.246 e. The summed E-state index contributed by atoms with van der Waals surface area (Å²) < 4.78 is 19.1. The first-order valence-electron chi connectivity index (χ1n) is 7.53. The van der Waals surface area contributed by atoms with Crippen LogP contribution in [-0.4, -0.2) is 22.7 Å². The molecule has 1 aromatic carbocycles. The lowest BCUT2D eigenvalue weighted by Gasteiger charge is -2.08. The topological polar surface area (TPSA) is 64.1 Å². The van der Waals surface area contributed by atoms with Gasteiger partial charge >= 0.3 is 0 Å². The molecule has 0 radical (unpaired) electrons. The molecule has 2 aromatic rings. The highest BCUT2D eigenvalue weighted by atomic mass is 32.1. The number of aromatic nitrogens is 2. The second-order valence-corrected chi connectivity index (χ2v) is 6.88. The van der Waals surface area contributed by atoms with Crippen LogP contribution in [0.4, 0.5) is 4.39 Å². The average Bonchev–Trinajstić information content (AvgIpc) is 3.29. The van der Waals surface area contributed by atoms with Crippen molar-refractivity contribution in [2.75, 3.05) is 6.61 Å². The molecule has 5 nitrogen and oxygen atoms in total. The molecule has 3 rings (SSSR count). The van der Waals surface area contributed by atoms with E-state index >= 15 is 0 Å². The molecule has 1 heterocycles. The smallest absolute Gasteiger partial charge is 0.246 e. The Balaban J connectivity index is 1.44. The van der Waals surface area contributed by atoms with Crippen LogP contribution in [0.2, 0.25) is 0 Å². The van der Waals surface area contributed by atoms with Crippen molar-refractivity contribution in [3.05, 3.63) is 45.2 Å². The van der Waals surface area contributed by atoms with Gasteiger partial charge in [-0.25, -0.2) is 4.39 Å². The van der Waals surface area contributed by atoms with Crippen molar-refractivity contribution >= 4 is 17.2 Å². The van der Waals surface area contributed by atoms with Crippen LogP contribution in [0.25, 0.3) is 0 Å². The van der Waals surface area contributed by atoms with Crippen LogP contribution in [0.15, 0.2) is 18.2 Å². The SMILES string of the molecule is Cc1nnc(COCC(=O)NCc2cc(C3CC3)ccc2F)s1. The van der Waals surface area contributed by atoms with Crippen LogP contribution >= 0.6 is 11.3 Å². The maximum absolute atomic E-state index is 13.8. The van der Waals surface area contributed by atoms with Crippen LogP contribution in [-0.2, 0) is 22.7 Å². The van der Waals surface area contributed by atoms with Crippen LogP contribution in [0.3, 0.4) is 0 Å². The van der Waals surface area contributed by atoms with Gasteiger partial charge in [0.1, 0.15) is 29.0 Å². The van der Waals surface area contributed by atoms with Crippen molar-refractivity contribution in [3.63, 3.8) is 0 Å². The minimum absolute atomic E-state index is 0.0808. The van der Waals surface area contributed by atoms with Crippen LogP contribution < -0.4 is 5.32 Å². The first-order valence-corrected chi connectivity index (χ1v) is 8.35. The van der Waals surface area contributed by atoms with Gasteiger partial charge in [-0.1, -0.05) is 23.5 Å². The predicted molar refractivity (Wildman–Crippen MR) is 84.5 cm³/mol. The fraction of sp³-hybridized carbons (Fsp3) is 0.438. The molecule has 0 aliphatic heterocycles. The summed E-state index contributed by atoms with van der Waals surface area (Å²) in [5.41, 5.74) is 1.67. The highest BCUT2D eigenvalue weighted by Crippen LogP contribution is 2.40. The van der Waals surface area contributed by atoms with E-state index in [1.165, 1.54) is 17.4 Å². The van der Waals surface area contributed by atoms with Crippen LogP contribution in [0.1, 0.15) is 39.9 Å². The molecule has 1 amide bonds. The number of hydrogen-bond acceptors (Lipinski definition) is 5. The van der Waals surface area contributed by atoms with Gasteiger partial charge in [0.25, 0.3) is 0 Å². The Labute approximate surface area is 137 Å². The highest BCUT2D eigenvalue weighted by molar-refractivity contribution is 7.11. The molecule has 122 valence electrons. The van der Waals surface area contributed by atoms with E-state index in [9.17, 15) is 9.18 Å². The Morgan fingerprint density at radius 1 is 1.43 bits per heavy atom. The molecule has 0 unspecified atom stereocenters. The van der Waals surface area contributed by atoms with E-state index < -0.39 is 0 Å². The standard InChI is InChI=1S/C16H18FN3O2S/c1-10-19-20-16(23-10)9-22-8-15(21)18-7-13-6-12(11-2-3-11)4-5-14(13)17/h4-6,11H,2-3,7-9H2,1H3,(H,18,21). The monoisotopic (exact) mass is 335 g/mol. The molecule has 1 aliphatic carbocycles. The van der Waals surface area contributed by atoms with Crippen LogP contribution in [0.5, 0.6) is 0 Å². The zero-order valence-corrected chi connectivity index (χ0v) is 13.7. The molecule has 1 fully saturated rings. The number of hydrogen-bond donors (Lipinski definition) is 1. The number of nitrogens with one attached hydrogen (secondary N) is 1. The molecule has 0 bridgehead atoms. The Kier molecular flexibility index (Phi) is 4.97. The fourth-order valence-electron chi connectivity index (χ4n) is 2.27. The number of aryl methyl sites for hydroxylation is 1. The Bertz CT molecular complexity index is 700. The minimum Gasteiger partial charge on any atom is -0.364 e. The number of ether oxygens (including phenoxy) is 1. The van der Waals surface area contributed by atoms with E-state index in [1.54, 1.807) is 0 Å². The van der Waals surface area contributed by atoms with E-state index in [0.717, 1.165) is 28.4 Å². The number of nitrogens with zero attached hydrogens (tertiary/aromatic N) is 2. The van der Waals surface area contributed by atoms with E-state index in [4.69, 9.17) is 4.74 Å². The van der Waals surface area contributed by atoms with Crippen molar-refractivity contribution in [2.24, 2.45) is 0 Å². The number of amides is 1.